The molecule has 0 amide bonds. The van der Waals surface area contributed by atoms with Crippen molar-refractivity contribution in [2.24, 2.45) is 11.3 Å². The van der Waals surface area contributed by atoms with E-state index in [0.29, 0.717) is 18.1 Å². The van der Waals surface area contributed by atoms with Crippen molar-refractivity contribution >= 4 is 11.3 Å². The molecule has 1 aromatic heterocycles. The van der Waals surface area contributed by atoms with E-state index < -0.39 is 0 Å². The van der Waals surface area contributed by atoms with Gasteiger partial charge in [-0.25, -0.2) is 4.98 Å². The number of fused-ring (bicyclic) bond motifs is 1. The van der Waals surface area contributed by atoms with Crippen molar-refractivity contribution < 1.29 is 4.74 Å². The Morgan fingerprint density at radius 1 is 1.56 bits per heavy atom. The van der Waals surface area contributed by atoms with Crippen LogP contribution in [0.2, 0.25) is 0 Å². The molecular formula is C14H22N2OS. The molecule has 3 atom stereocenters. The molecule has 3 nitrogen and oxygen atoms in total. The molecular weight excluding hydrogens is 244 g/mol. The van der Waals surface area contributed by atoms with Gasteiger partial charge in [-0.05, 0) is 19.8 Å². The number of thiazole rings is 1. The summed E-state index contributed by atoms with van der Waals surface area (Å²) in [5, 5.41) is 4.88. The van der Waals surface area contributed by atoms with Crippen molar-refractivity contribution in [2.45, 2.75) is 52.3 Å². The third-order valence-corrected chi connectivity index (χ3v) is 5.41. The second-order valence-electron chi connectivity index (χ2n) is 6.12. The molecule has 1 saturated heterocycles. The number of hydrogen-bond donors (Lipinski definition) is 1. The van der Waals surface area contributed by atoms with Crippen LogP contribution in [0.5, 0.6) is 0 Å². The van der Waals surface area contributed by atoms with E-state index in [1.807, 2.05) is 6.20 Å². The van der Waals surface area contributed by atoms with Gasteiger partial charge >= 0.3 is 0 Å². The van der Waals surface area contributed by atoms with Crippen molar-refractivity contribution in [1.29, 1.82) is 0 Å². The first kappa shape index (κ1) is 12.6. The Bertz CT molecular complexity index is 429. The van der Waals surface area contributed by atoms with Crippen LogP contribution in [0, 0.1) is 18.3 Å². The van der Waals surface area contributed by atoms with Crippen LogP contribution in [0.1, 0.15) is 36.6 Å². The van der Waals surface area contributed by atoms with Crippen LogP contribution in [-0.2, 0) is 11.3 Å². The lowest BCUT2D eigenvalue weighted by Crippen LogP contribution is -2.69. The maximum atomic E-state index is 5.93. The van der Waals surface area contributed by atoms with E-state index in [2.05, 4.69) is 31.1 Å². The third-order valence-electron chi connectivity index (χ3n) is 4.50. The molecule has 1 aliphatic heterocycles. The summed E-state index contributed by atoms with van der Waals surface area (Å²) in [7, 11) is 0. The van der Waals surface area contributed by atoms with Crippen molar-refractivity contribution in [3.63, 3.8) is 0 Å². The summed E-state index contributed by atoms with van der Waals surface area (Å²) in [4.78, 5) is 5.65. The van der Waals surface area contributed by atoms with E-state index in [0.717, 1.165) is 18.2 Å². The normalized spacial score (nSPS) is 33.8. The highest BCUT2D eigenvalue weighted by Crippen LogP contribution is 2.51. The van der Waals surface area contributed by atoms with E-state index in [-0.39, 0.29) is 5.41 Å². The molecule has 3 unspecified atom stereocenters. The Balaban J connectivity index is 1.62. The van der Waals surface area contributed by atoms with Crippen molar-refractivity contribution in [2.75, 3.05) is 6.61 Å². The Morgan fingerprint density at radius 2 is 2.39 bits per heavy atom. The monoisotopic (exact) mass is 266 g/mol. The molecule has 1 aliphatic carbocycles. The highest BCUT2D eigenvalue weighted by molar-refractivity contribution is 7.11. The fourth-order valence-corrected chi connectivity index (χ4v) is 4.38. The predicted octanol–water partition coefficient (Wildman–Crippen LogP) is 2.74. The summed E-state index contributed by atoms with van der Waals surface area (Å²) in [6, 6.07) is 0.588. The first-order valence-corrected chi connectivity index (χ1v) is 7.67. The van der Waals surface area contributed by atoms with Crippen molar-refractivity contribution in [3.05, 3.63) is 16.1 Å². The van der Waals surface area contributed by atoms with Gasteiger partial charge in [0.25, 0.3) is 0 Å². The van der Waals surface area contributed by atoms with E-state index in [1.165, 1.54) is 17.7 Å². The second kappa shape index (κ2) is 4.58. The zero-order valence-corrected chi connectivity index (χ0v) is 12.2. The Kier molecular flexibility index (Phi) is 3.20. The quantitative estimate of drug-likeness (QED) is 0.913. The van der Waals surface area contributed by atoms with Gasteiger partial charge in [-0.15, -0.1) is 11.3 Å². The Labute approximate surface area is 113 Å². The van der Waals surface area contributed by atoms with Gasteiger partial charge in [-0.2, -0.15) is 0 Å². The molecule has 100 valence electrons. The number of aromatic nitrogens is 1. The van der Waals surface area contributed by atoms with Gasteiger partial charge in [-0.3, -0.25) is 0 Å². The largest absolute Gasteiger partial charge is 0.377 e. The van der Waals surface area contributed by atoms with Gasteiger partial charge in [0.2, 0.25) is 0 Å². The molecule has 1 N–H and O–H groups in total. The van der Waals surface area contributed by atoms with Crippen molar-refractivity contribution in [1.82, 2.24) is 10.3 Å². The van der Waals surface area contributed by atoms with Crippen LogP contribution in [0.15, 0.2) is 6.20 Å². The lowest BCUT2D eigenvalue weighted by atomic mass is 9.55. The number of nitrogens with one attached hydrogen (secondary N) is 1. The van der Waals surface area contributed by atoms with Gasteiger partial charge in [0.05, 0.1) is 11.1 Å². The number of aryl methyl sites for hydroxylation is 1. The van der Waals surface area contributed by atoms with E-state index in [4.69, 9.17) is 4.74 Å². The zero-order valence-electron chi connectivity index (χ0n) is 11.4. The van der Waals surface area contributed by atoms with E-state index >= 15 is 0 Å². The number of rotatable bonds is 3. The summed E-state index contributed by atoms with van der Waals surface area (Å²) in [5.41, 5.74) is 0.269. The number of nitrogens with zero attached hydrogens (tertiary/aromatic N) is 1. The molecule has 3 rings (SSSR count). The number of hydrogen-bond acceptors (Lipinski definition) is 4. The summed E-state index contributed by atoms with van der Waals surface area (Å²) in [5.74, 6) is 0.711. The molecule has 18 heavy (non-hydrogen) atoms. The van der Waals surface area contributed by atoms with Crippen LogP contribution >= 0.6 is 11.3 Å². The molecule has 0 aromatic carbocycles. The SMILES string of the molecule is Cc1ncc(CNC2C3CCCOC3C2(C)C)s1. The molecule has 2 aliphatic rings. The third kappa shape index (κ3) is 2.00. The van der Waals surface area contributed by atoms with E-state index in [1.54, 1.807) is 11.3 Å². The predicted molar refractivity (Wildman–Crippen MR) is 73.7 cm³/mol. The molecule has 2 fully saturated rings. The molecule has 2 heterocycles. The van der Waals surface area contributed by atoms with Crippen molar-refractivity contribution in [3.8, 4) is 0 Å². The van der Waals surface area contributed by atoms with Gasteiger partial charge in [0.1, 0.15) is 0 Å². The average molecular weight is 266 g/mol. The minimum Gasteiger partial charge on any atom is -0.377 e. The minimum absolute atomic E-state index is 0.269. The second-order valence-corrected chi connectivity index (χ2v) is 7.44. The van der Waals surface area contributed by atoms with Gasteiger partial charge in [0.15, 0.2) is 0 Å². The first-order valence-electron chi connectivity index (χ1n) is 6.85. The highest BCUT2D eigenvalue weighted by Gasteiger charge is 2.57. The molecule has 1 saturated carbocycles. The first-order chi connectivity index (χ1) is 8.59. The smallest absolute Gasteiger partial charge is 0.0897 e. The number of ether oxygens (including phenoxy) is 1. The van der Waals surface area contributed by atoms with E-state index in [9.17, 15) is 0 Å². The van der Waals surface area contributed by atoms with Crippen LogP contribution in [0.25, 0.3) is 0 Å². The molecule has 0 bridgehead atoms. The van der Waals surface area contributed by atoms with Gasteiger partial charge in [-0.1, -0.05) is 13.8 Å². The van der Waals surface area contributed by atoms with Crippen LogP contribution in [-0.4, -0.2) is 23.7 Å². The molecule has 0 radical (unpaired) electrons. The Hall–Kier alpha value is -0.450. The van der Waals surface area contributed by atoms with Crippen LogP contribution < -0.4 is 5.32 Å². The maximum absolute atomic E-state index is 5.93. The fraction of sp³-hybridized carbons (Fsp3) is 0.786. The summed E-state index contributed by atoms with van der Waals surface area (Å²) in [6.07, 6.45) is 4.99. The Morgan fingerprint density at radius 3 is 3.11 bits per heavy atom. The lowest BCUT2D eigenvalue weighted by molar-refractivity contribution is -0.192. The molecule has 1 aromatic rings. The molecule has 0 spiro atoms. The zero-order chi connectivity index (χ0) is 12.8. The summed E-state index contributed by atoms with van der Waals surface area (Å²) >= 11 is 1.79. The minimum atomic E-state index is 0.269. The highest BCUT2D eigenvalue weighted by atomic mass is 32.1. The average Bonchev–Trinajstić information content (AvgIpc) is 2.75. The van der Waals surface area contributed by atoms with Crippen LogP contribution in [0.3, 0.4) is 0 Å². The maximum Gasteiger partial charge on any atom is 0.0897 e. The van der Waals surface area contributed by atoms with Gasteiger partial charge < -0.3 is 10.1 Å². The fourth-order valence-electron chi connectivity index (χ4n) is 3.63. The summed E-state index contributed by atoms with van der Waals surface area (Å²) in [6.45, 7) is 8.62. The lowest BCUT2D eigenvalue weighted by Gasteiger charge is -2.60. The molecule has 4 heteroatoms. The topological polar surface area (TPSA) is 34.2 Å². The van der Waals surface area contributed by atoms with Gasteiger partial charge in [0, 0.05) is 41.6 Å². The standard InChI is InChI=1S/C14H22N2OS/c1-9-15-7-10(18-9)8-16-12-11-5-4-6-17-13(11)14(12,2)3/h7,11-13,16H,4-6,8H2,1-3H3. The van der Waals surface area contributed by atoms with Crippen LogP contribution in [0.4, 0.5) is 0 Å². The summed E-state index contributed by atoms with van der Waals surface area (Å²) < 4.78 is 5.93.